The lowest BCUT2D eigenvalue weighted by molar-refractivity contribution is 0.0935. The summed E-state index contributed by atoms with van der Waals surface area (Å²) in [5.74, 6) is 0.111. The first-order chi connectivity index (χ1) is 30.2. The van der Waals surface area contributed by atoms with Gasteiger partial charge in [-0.15, -0.1) is 12.4 Å². The van der Waals surface area contributed by atoms with Gasteiger partial charge in [0.15, 0.2) is 5.82 Å². The van der Waals surface area contributed by atoms with E-state index in [1.807, 2.05) is 122 Å². The van der Waals surface area contributed by atoms with Crippen LogP contribution in [-0.2, 0) is 28.2 Å². The maximum Gasteiger partial charge on any atom is 0.291 e. The fourth-order valence-electron chi connectivity index (χ4n) is 6.57. The number of carbonyl (C=O) groups excluding carboxylic acids is 4. The van der Waals surface area contributed by atoms with Gasteiger partial charge in [-0.1, -0.05) is 67.4 Å². The molecule has 4 amide bonds. The number of nitrogens with one attached hydrogen (secondary N) is 4. The van der Waals surface area contributed by atoms with Crippen LogP contribution in [0.4, 0.5) is 17.2 Å². The quantitative estimate of drug-likeness (QED) is 0.0584. The SMILES string of the molecule is CSSC(C)(C)CNC(=O)c1cc(-c2ccc(NC(=O)c3nc(C)cn3C)cc2)cn1C.CSSC(C)(C)CNC(=O)c1cc(-c2ccc(NC(=O)c3nc(N)cn3C)cc2)cn1C.Cl. The van der Waals surface area contributed by atoms with E-state index in [0.717, 1.165) is 27.9 Å². The third kappa shape index (κ3) is 14.4. The summed E-state index contributed by atoms with van der Waals surface area (Å²) in [4.78, 5) is 58.5. The molecule has 65 heavy (non-hydrogen) atoms. The molecule has 0 unspecified atom stereocenters. The number of nitrogens with zero attached hydrogens (tertiary/aromatic N) is 6. The lowest BCUT2D eigenvalue weighted by atomic mass is 10.1. The minimum Gasteiger partial charge on any atom is -0.382 e. The standard InChI is InChI=1S/C23H29N5O2S2.C22H28N6O2S2.ClH/c1-15-12-28(5)20(25-15)22(30)26-18-9-7-16(8-10-18)17-11-19(27(4)13-17)21(29)24-14-23(2,3)32-31-6;1-22(2,32-31-5)13-24-20(29)17-10-15(11-27(17)3)14-6-8-16(9-7-14)25-21(30)19-26-18(23)12-28(19)4;/h7-13H,14H2,1-6H3,(H,24,29)(H,26,30);6-12H,13,23H2,1-5H3,(H,24,29)(H,25,30);1H. The van der Waals surface area contributed by atoms with Crippen molar-refractivity contribution in [1.82, 2.24) is 38.9 Å². The molecule has 0 saturated carbocycles. The van der Waals surface area contributed by atoms with Gasteiger partial charge in [0.25, 0.3) is 23.6 Å². The largest absolute Gasteiger partial charge is 0.382 e. The van der Waals surface area contributed by atoms with Gasteiger partial charge in [-0.05, 0) is 94.7 Å². The number of hydrogen-bond acceptors (Lipinski definition) is 11. The lowest BCUT2D eigenvalue weighted by Crippen LogP contribution is -2.36. The summed E-state index contributed by atoms with van der Waals surface area (Å²) in [6.07, 6.45) is 11.3. The van der Waals surface area contributed by atoms with E-state index < -0.39 is 0 Å². The summed E-state index contributed by atoms with van der Waals surface area (Å²) in [7, 11) is 14.1. The summed E-state index contributed by atoms with van der Waals surface area (Å²) < 4.78 is 6.84. The zero-order valence-corrected chi connectivity index (χ0v) is 42.5. The number of nitrogen functional groups attached to an aromatic ring is 1. The van der Waals surface area contributed by atoms with E-state index in [9.17, 15) is 19.2 Å². The molecule has 15 nitrogen and oxygen atoms in total. The summed E-state index contributed by atoms with van der Waals surface area (Å²) in [5.41, 5.74) is 12.7. The molecule has 6 N–H and O–H groups in total. The Hall–Kier alpha value is -5.21. The van der Waals surface area contributed by atoms with E-state index in [2.05, 4.69) is 58.9 Å². The number of hydrogen-bond donors (Lipinski definition) is 5. The molecule has 0 aliphatic heterocycles. The smallest absolute Gasteiger partial charge is 0.291 e. The fourth-order valence-corrected chi connectivity index (χ4v) is 10.8. The van der Waals surface area contributed by atoms with Crippen LogP contribution in [0.5, 0.6) is 0 Å². The van der Waals surface area contributed by atoms with Crippen LogP contribution < -0.4 is 27.0 Å². The van der Waals surface area contributed by atoms with Crippen molar-refractivity contribution in [3.63, 3.8) is 0 Å². The Bertz CT molecular complexity index is 2420. The number of aryl methyl sites for hydroxylation is 5. The molecule has 0 aliphatic carbocycles. The molecule has 4 heterocycles. The maximum absolute atomic E-state index is 12.7. The third-order valence-corrected chi connectivity index (χ3v) is 14.9. The number of nitrogens with two attached hydrogens (primary N) is 1. The molecule has 0 atom stereocenters. The molecule has 0 bridgehead atoms. The van der Waals surface area contributed by atoms with Crippen molar-refractivity contribution < 1.29 is 19.2 Å². The first kappa shape index (κ1) is 52.4. The molecule has 6 aromatic rings. The number of halogens is 1. The summed E-state index contributed by atoms with van der Waals surface area (Å²) in [6, 6.07) is 18.7. The number of carbonyl (C=O) groups is 4. The summed E-state index contributed by atoms with van der Waals surface area (Å²) in [5, 5.41) is 11.7. The van der Waals surface area contributed by atoms with Gasteiger partial charge < -0.3 is 45.3 Å². The van der Waals surface area contributed by atoms with E-state index in [1.165, 1.54) is 0 Å². The van der Waals surface area contributed by atoms with E-state index in [-0.39, 0.29) is 51.4 Å². The predicted molar refractivity (Wildman–Crippen MR) is 275 cm³/mol. The second kappa shape index (κ2) is 22.8. The van der Waals surface area contributed by atoms with Crippen LogP contribution in [0.25, 0.3) is 22.3 Å². The molecule has 0 spiro atoms. The number of imidazole rings is 2. The van der Waals surface area contributed by atoms with Gasteiger partial charge in [0.1, 0.15) is 17.2 Å². The van der Waals surface area contributed by atoms with E-state index in [1.54, 1.807) is 72.6 Å². The second-order valence-corrected chi connectivity index (χ2v) is 22.5. The van der Waals surface area contributed by atoms with Crippen molar-refractivity contribution in [2.75, 3.05) is 42.0 Å². The van der Waals surface area contributed by atoms with Crippen LogP contribution in [0.15, 0.2) is 85.5 Å². The fraction of sp³-hybridized carbons (Fsp3) is 0.333. The Labute approximate surface area is 402 Å². The van der Waals surface area contributed by atoms with Crippen molar-refractivity contribution in [3.8, 4) is 22.3 Å². The molecular weight excluding hydrogens is 922 g/mol. The van der Waals surface area contributed by atoms with Gasteiger partial charge in [-0.2, -0.15) is 0 Å². The van der Waals surface area contributed by atoms with E-state index >= 15 is 0 Å². The monoisotopic (exact) mass is 979 g/mol. The zero-order valence-electron chi connectivity index (χ0n) is 38.4. The van der Waals surface area contributed by atoms with Crippen LogP contribution in [0, 0.1) is 6.92 Å². The van der Waals surface area contributed by atoms with Crippen LogP contribution in [0.1, 0.15) is 75.6 Å². The van der Waals surface area contributed by atoms with Crippen molar-refractivity contribution in [3.05, 3.63) is 114 Å². The van der Waals surface area contributed by atoms with E-state index in [4.69, 9.17) is 5.73 Å². The number of anilines is 3. The Kier molecular flexibility index (Phi) is 18.4. The normalized spacial score (nSPS) is 11.2. The Balaban J connectivity index is 0.000000280. The van der Waals surface area contributed by atoms with Gasteiger partial charge in [0, 0.05) is 98.1 Å². The van der Waals surface area contributed by atoms with Crippen LogP contribution >= 0.6 is 55.6 Å². The van der Waals surface area contributed by atoms with Gasteiger partial charge in [-0.25, -0.2) is 9.97 Å². The maximum atomic E-state index is 12.7. The van der Waals surface area contributed by atoms with Crippen molar-refractivity contribution >= 4 is 96.4 Å². The van der Waals surface area contributed by atoms with Crippen LogP contribution in [-0.4, -0.2) is 87.0 Å². The van der Waals surface area contributed by atoms with Gasteiger partial charge in [0.05, 0.1) is 5.69 Å². The highest BCUT2D eigenvalue weighted by molar-refractivity contribution is 8.77. The minimum atomic E-state index is -0.335. The van der Waals surface area contributed by atoms with Crippen LogP contribution in [0.3, 0.4) is 0 Å². The molecule has 0 aliphatic rings. The van der Waals surface area contributed by atoms with Crippen molar-refractivity contribution in [1.29, 1.82) is 0 Å². The molecule has 348 valence electrons. The van der Waals surface area contributed by atoms with Crippen LogP contribution in [0.2, 0.25) is 0 Å². The minimum absolute atomic E-state index is 0. The average molecular weight is 981 g/mol. The molecule has 2 aromatic carbocycles. The van der Waals surface area contributed by atoms with Crippen molar-refractivity contribution in [2.45, 2.75) is 44.1 Å². The summed E-state index contributed by atoms with van der Waals surface area (Å²) >= 11 is 0. The Morgan fingerprint density at radius 2 is 0.954 bits per heavy atom. The summed E-state index contributed by atoms with van der Waals surface area (Å²) in [6.45, 7) is 11.4. The molecular formula is C45H58ClN11O4S4. The topological polar surface area (TPSA) is 188 Å². The first-order valence-corrected chi connectivity index (χ1v) is 25.3. The molecule has 0 fully saturated rings. The lowest BCUT2D eigenvalue weighted by Gasteiger charge is -2.22. The second-order valence-electron chi connectivity index (χ2n) is 16.3. The molecule has 0 radical (unpaired) electrons. The molecule has 4 aromatic heterocycles. The van der Waals surface area contributed by atoms with Gasteiger partial charge in [0.2, 0.25) is 5.82 Å². The van der Waals surface area contributed by atoms with Gasteiger partial charge >= 0.3 is 0 Å². The predicted octanol–water partition coefficient (Wildman–Crippen LogP) is 8.71. The highest BCUT2D eigenvalue weighted by atomic mass is 35.5. The highest BCUT2D eigenvalue weighted by Gasteiger charge is 2.23. The molecule has 0 saturated heterocycles. The Morgan fingerprint density at radius 3 is 1.29 bits per heavy atom. The number of rotatable bonds is 16. The first-order valence-electron chi connectivity index (χ1n) is 20.1. The number of benzene rings is 2. The highest BCUT2D eigenvalue weighted by Crippen LogP contribution is 2.34. The van der Waals surface area contributed by atoms with Crippen molar-refractivity contribution in [2.24, 2.45) is 28.2 Å². The van der Waals surface area contributed by atoms with E-state index in [0.29, 0.717) is 47.5 Å². The number of amides is 4. The van der Waals surface area contributed by atoms with Gasteiger partial charge in [-0.3, -0.25) is 19.2 Å². The Morgan fingerprint density at radius 1 is 0.569 bits per heavy atom. The third-order valence-electron chi connectivity index (χ3n) is 9.69. The zero-order chi connectivity index (χ0) is 46.9. The number of aromatic nitrogens is 6. The molecule has 6 rings (SSSR count). The average Bonchev–Trinajstić information content (AvgIpc) is 4.01. The molecule has 20 heteroatoms.